The van der Waals surface area contributed by atoms with Crippen LogP contribution in [0.4, 0.5) is 0 Å². The Labute approximate surface area is 65.1 Å². The summed E-state index contributed by atoms with van der Waals surface area (Å²) in [5.74, 6) is 0.378. The van der Waals surface area contributed by atoms with Crippen molar-refractivity contribution in [2.45, 2.75) is 26.9 Å². The third kappa shape index (κ3) is 4.01. The summed E-state index contributed by atoms with van der Waals surface area (Å²) in [5, 5.41) is 9.36. The van der Waals surface area contributed by atoms with Crippen molar-refractivity contribution in [1.29, 1.82) is 0 Å². The Balaban J connectivity index is 3.85. The van der Waals surface area contributed by atoms with E-state index in [1.165, 1.54) is 0 Å². The molecule has 0 bridgehead atoms. The summed E-state index contributed by atoms with van der Waals surface area (Å²) >= 11 is 0. The monoisotopic (exact) mass is 164 g/mol. The lowest BCUT2D eigenvalue weighted by atomic mass is 9.90. The summed E-state index contributed by atoms with van der Waals surface area (Å²) in [6, 6.07) is 0. The van der Waals surface area contributed by atoms with Crippen molar-refractivity contribution >= 4 is 10.8 Å². The zero-order valence-electron chi connectivity index (χ0n) is 7.05. The third-order valence-corrected chi connectivity index (χ3v) is 2.18. The first-order valence-corrected chi connectivity index (χ1v) is 5.05. The highest BCUT2D eigenvalue weighted by molar-refractivity contribution is 7.84. The maximum absolute atomic E-state index is 10.7. The Morgan fingerprint density at radius 2 is 1.90 bits per heavy atom. The second-order valence-electron chi connectivity index (χ2n) is 3.62. The Kier molecular flexibility index (Phi) is 3.52. The van der Waals surface area contributed by atoms with Gasteiger partial charge in [0.25, 0.3) is 0 Å². The Hall–Kier alpha value is 0.110. The van der Waals surface area contributed by atoms with Gasteiger partial charge >= 0.3 is 0 Å². The lowest BCUT2D eigenvalue weighted by Gasteiger charge is -2.24. The summed E-state index contributed by atoms with van der Waals surface area (Å²) < 4.78 is 10.7. The topological polar surface area (TPSA) is 37.3 Å². The Bertz CT molecular complexity index is 126. The standard InChI is InChI=1S/C7H16O2S/c1-7(2,3)6(8)5-10(4)9/h6,8H,5H2,1-4H3/t6-,10?/m1/s1. The van der Waals surface area contributed by atoms with Crippen LogP contribution in [-0.2, 0) is 10.8 Å². The second kappa shape index (κ2) is 3.49. The van der Waals surface area contributed by atoms with Crippen LogP contribution in [-0.4, -0.2) is 27.4 Å². The molecule has 0 saturated carbocycles. The van der Waals surface area contributed by atoms with E-state index in [4.69, 9.17) is 0 Å². The molecular formula is C7H16O2S. The minimum absolute atomic E-state index is 0.147. The van der Waals surface area contributed by atoms with Crippen molar-refractivity contribution in [1.82, 2.24) is 0 Å². The van der Waals surface area contributed by atoms with Gasteiger partial charge in [0.05, 0.1) is 6.10 Å². The van der Waals surface area contributed by atoms with Crippen molar-refractivity contribution in [2.24, 2.45) is 5.41 Å². The minimum Gasteiger partial charge on any atom is -0.392 e. The highest BCUT2D eigenvalue weighted by Gasteiger charge is 2.22. The molecule has 0 aromatic rings. The average molecular weight is 164 g/mol. The molecule has 3 heteroatoms. The maximum Gasteiger partial charge on any atom is 0.0703 e. The predicted molar refractivity (Wildman–Crippen MR) is 44.4 cm³/mol. The van der Waals surface area contributed by atoms with E-state index in [-0.39, 0.29) is 5.41 Å². The molecule has 1 N–H and O–H groups in total. The van der Waals surface area contributed by atoms with Crippen LogP contribution in [0, 0.1) is 5.41 Å². The van der Waals surface area contributed by atoms with Gasteiger partial charge < -0.3 is 5.11 Å². The molecule has 2 atom stereocenters. The molecule has 0 aliphatic carbocycles. The van der Waals surface area contributed by atoms with E-state index in [9.17, 15) is 9.32 Å². The van der Waals surface area contributed by atoms with E-state index in [1.54, 1.807) is 6.26 Å². The lowest BCUT2D eigenvalue weighted by molar-refractivity contribution is 0.0835. The highest BCUT2D eigenvalue weighted by Crippen LogP contribution is 2.19. The molecule has 0 aliphatic rings. The van der Waals surface area contributed by atoms with Crippen molar-refractivity contribution in [3.63, 3.8) is 0 Å². The average Bonchev–Trinajstić information content (AvgIpc) is 1.60. The summed E-state index contributed by atoms with van der Waals surface area (Å²) in [6.07, 6.45) is 1.15. The molecular weight excluding hydrogens is 148 g/mol. The van der Waals surface area contributed by atoms with Crippen LogP contribution in [0.5, 0.6) is 0 Å². The second-order valence-corrected chi connectivity index (χ2v) is 5.10. The van der Waals surface area contributed by atoms with E-state index in [0.29, 0.717) is 5.75 Å². The first-order chi connectivity index (χ1) is 4.34. The molecule has 62 valence electrons. The van der Waals surface area contributed by atoms with Crippen LogP contribution in [0.15, 0.2) is 0 Å². The van der Waals surface area contributed by atoms with Gasteiger partial charge in [-0.1, -0.05) is 20.8 Å². The molecule has 1 unspecified atom stereocenters. The molecule has 0 aromatic heterocycles. The van der Waals surface area contributed by atoms with Gasteiger partial charge in [0.15, 0.2) is 0 Å². The molecule has 0 spiro atoms. The molecule has 0 radical (unpaired) electrons. The van der Waals surface area contributed by atoms with Gasteiger partial charge in [-0.05, 0) is 5.41 Å². The van der Waals surface area contributed by atoms with E-state index < -0.39 is 16.9 Å². The van der Waals surface area contributed by atoms with Gasteiger partial charge in [-0.15, -0.1) is 0 Å². The van der Waals surface area contributed by atoms with Crippen molar-refractivity contribution < 1.29 is 9.32 Å². The molecule has 2 nitrogen and oxygen atoms in total. The van der Waals surface area contributed by atoms with E-state index >= 15 is 0 Å². The predicted octanol–water partition coefficient (Wildman–Crippen LogP) is 0.772. The fourth-order valence-corrected chi connectivity index (χ4v) is 1.42. The fourth-order valence-electron chi connectivity index (χ4n) is 0.472. The molecule has 10 heavy (non-hydrogen) atoms. The van der Waals surface area contributed by atoms with E-state index in [0.717, 1.165) is 0 Å². The lowest BCUT2D eigenvalue weighted by Crippen LogP contribution is -2.31. The normalized spacial score (nSPS) is 18.5. The van der Waals surface area contributed by atoms with Crippen molar-refractivity contribution in [3.8, 4) is 0 Å². The summed E-state index contributed by atoms with van der Waals surface area (Å²) in [4.78, 5) is 0. The number of aliphatic hydroxyl groups is 1. The minimum atomic E-state index is -0.892. The Morgan fingerprint density at radius 1 is 1.50 bits per heavy atom. The zero-order chi connectivity index (χ0) is 8.36. The smallest absolute Gasteiger partial charge is 0.0703 e. The first-order valence-electron chi connectivity index (χ1n) is 3.32. The van der Waals surface area contributed by atoms with Gasteiger partial charge in [0.2, 0.25) is 0 Å². The van der Waals surface area contributed by atoms with Gasteiger partial charge in [-0.3, -0.25) is 4.21 Å². The van der Waals surface area contributed by atoms with Crippen LogP contribution in [0.1, 0.15) is 20.8 Å². The highest BCUT2D eigenvalue weighted by atomic mass is 32.2. The van der Waals surface area contributed by atoms with Gasteiger partial charge in [-0.2, -0.15) is 0 Å². The number of rotatable bonds is 2. The zero-order valence-corrected chi connectivity index (χ0v) is 7.86. The SMILES string of the molecule is CS(=O)C[C@@H](O)C(C)(C)C. The number of hydrogen-bond acceptors (Lipinski definition) is 2. The Morgan fingerprint density at radius 3 is 2.00 bits per heavy atom. The van der Waals surface area contributed by atoms with Gasteiger partial charge in [-0.25, -0.2) is 0 Å². The van der Waals surface area contributed by atoms with Crippen LogP contribution in [0.2, 0.25) is 0 Å². The molecule has 0 rings (SSSR count). The third-order valence-electron chi connectivity index (χ3n) is 1.39. The molecule has 0 fully saturated rings. The quantitative estimate of drug-likeness (QED) is 0.654. The largest absolute Gasteiger partial charge is 0.392 e. The van der Waals surface area contributed by atoms with Crippen molar-refractivity contribution in [3.05, 3.63) is 0 Å². The van der Waals surface area contributed by atoms with Gasteiger partial charge in [0.1, 0.15) is 0 Å². The van der Waals surface area contributed by atoms with E-state index in [1.807, 2.05) is 20.8 Å². The maximum atomic E-state index is 10.7. The first kappa shape index (κ1) is 10.1. The van der Waals surface area contributed by atoms with Crippen LogP contribution in [0.25, 0.3) is 0 Å². The summed E-state index contributed by atoms with van der Waals surface area (Å²) in [7, 11) is -0.892. The van der Waals surface area contributed by atoms with E-state index in [2.05, 4.69) is 0 Å². The number of aliphatic hydroxyl groups excluding tert-OH is 1. The van der Waals surface area contributed by atoms with Crippen LogP contribution in [0.3, 0.4) is 0 Å². The number of hydrogen-bond donors (Lipinski definition) is 1. The van der Waals surface area contributed by atoms with Gasteiger partial charge in [0, 0.05) is 22.8 Å². The molecule has 0 aromatic carbocycles. The molecule has 0 heterocycles. The van der Waals surface area contributed by atoms with Crippen LogP contribution >= 0.6 is 0 Å². The summed E-state index contributed by atoms with van der Waals surface area (Å²) in [6.45, 7) is 5.81. The summed E-state index contributed by atoms with van der Waals surface area (Å²) in [5.41, 5.74) is -0.147. The fraction of sp³-hybridized carbons (Fsp3) is 1.00. The van der Waals surface area contributed by atoms with Crippen molar-refractivity contribution in [2.75, 3.05) is 12.0 Å². The molecule has 0 amide bonds. The molecule has 0 aliphatic heterocycles. The van der Waals surface area contributed by atoms with Crippen LogP contribution < -0.4 is 0 Å². The molecule has 0 saturated heterocycles.